The highest BCUT2D eigenvalue weighted by atomic mass is 35.5. The monoisotopic (exact) mass is 268 g/mol. The van der Waals surface area contributed by atoms with Crippen LogP contribution >= 0.6 is 11.6 Å². The summed E-state index contributed by atoms with van der Waals surface area (Å²) in [5, 5.41) is 15.5. The van der Waals surface area contributed by atoms with Crippen molar-refractivity contribution in [2.45, 2.75) is 18.9 Å². The maximum absolute atomic E-state index is 10.9. The van der Waals surface area contributed by atoms with E-state index in [2.05, 4.69) is 10.6 Å². The first-order valence-electron chi connectivity index (χ1n) is 6.12. The fourth-order valence-electron chi connectivity index (χ4n) is 2.47. The van der Waals surface area contributed by atoms with Crippen LogP contribution in [0, 0.1) is 5.92 Å². The number of carboxylic acid groups (broad SMARTS) is 1. The molecule has 1 aliphatic rings. The van der Waals surface area contributed by atoms with Crippen LogP contribution in [0.5, 0.6) is 0 Å². The fraction of sp³-hybridized carbons (Fsp3) is 0.462. The summed E-state index contributed by atoms with van der Waals surface area (Å²) in [6.07, 6.45) is 1.10. The zero-order chi connectivity index (χ0) is 13.0. The Morgan fingerprint density at radius 3 is 3.00 bits per heavy atom. The van der Waals surface area contributed by atoms with Crippen molar-refractivity contribution < 1.29 is 9.90 Å². The molecule has 2 rings (SSSR count). The van der Waals surface area contributed by atoms with E-state index in [4.69, 9.17) is 16.7 Å². The quantitative estimate of drug-likeness (QED) is 0.790. The van der Waals surface area contributed by atoms with Crippen LogP contribution in [-0.2, 0) is 0 Å². The molecule has 18 heavy (non-hydrogen) atoms. The van der Waals surface area contributed by atoms with Gasteiger partial charge < -0.3 is 15.7 Å². The Labute approximate surface area is 111 Å². The van der Waals surface area contributed by atoms with Gasteiger partial charge in [-0.25, -0.2) is 4.79 Å². The van der Waals surface area contributed by atoms with E-state index in [1.165, 1.54) is 0 Å². The molecule has 1 aromatic rings. The molecule has 4 nitrogen and oxygen atoms in total. The molecule has 1 amide bonds. The summed E-state index contributed by atoms with van der Waals surface area (Å²) in [5.74, 6) is 0.272. The zero-order valence-corrected chi connectivity index (χ0v) is 10.8. The van der Waals surface area contributed by atoms with Gasteiger partial charge in [-0.2, -0.15) is 0 Å². The average Bonchev–Trinajstić information content (AvgIpc) is 2.37. The molecule has 0 aliphatic carbocycles. The number of amides is 1. The van der Waals surface area contributed by atoms with Gasteiger partial charge in [0.05, 0.1) is 6.04 Å². The van der Waals surface area contributed by atoms with E-state index in [0.29, 0.717) is 5.02 Å². The van der Waals surface area contributed by atoms with Gasteiger partial charge in [0.1, 0.15) is 0 Å². The highest BCUT2D eigenvalue weighted by molar-refractivity contribution is 6.30. The molecule has 0 spiro atoms. The van der Waals surface area contributed by atoms with E-state index in [0.717, 1.165) is 31.5 Å². The zero-order valence-electron chi connectivity index (χ0n) is 10.0. The van der Waals surface area contributed by atoms with Gasteiger partial charge >= 0.3 is 6.09 Å². The number of piperidine rings is 1. The van der Waals surface area contributed by atoms with Crippen LogP contribution in [-0.4, -0.2) is 24.3 Å². The summed E-state index contributed by atoms with van der Waals surface area (Å²) in [5.41, 5.74) is 0.929. The lowest BCUT2D eigenvalue weighted by Crippen LogP contribution is -2.40. The number of carbonyl (C=O) groups is 1. The minimum Gasteiger partial charge on any atom is -0.465 e. The Balaban J connectivity index is 2.20. The van der Waals surface area contributed by atoms with Crippen LogP contribution in [0.4, 0.5) is 4.79 Å². The normalized spacial score (nSPS) is 21.3. The van der Waals surface area contributed by atoms with Crippen molar-refractivity contribution in [3.63, 3.8) is 0 Å². The van der Waals surface area contributed by atoms with Crippen LogP contribution in [0.3, 0.4) is 0 Å². The van der Waals surface area contributed by atoms with Crippen molar-refractivity contribution in [3.8, 4) is 0 Å². The lowest BCUT2D eigenvalue weighted by molar-refractivity contribution is 0.180. The Kier molecular flexibility index (Phi) is 4.44. The fourth-order valence-corrected chi connectivity index (χ4v) is 2.67. The SMILES string of the molecule is O=C(O)NC(c1cccc(Cl)c1)C1CCCNC1. The molecule has 1 aromatic carbocycles. The van der Waals surface area contributed by atoms with Crippen LogP contribution in [0.2, 0.25) is 5.02 Å². The van der Waals surface area contributed by atoms with E-state index in [1.807, 2.05) is 18.2 Å². The van der Waals surface area contributed by atoms with Crippen molar-refractivity contribution in [1.29, 1.82) is 0 Å². The molecule has 1 fully saturated rings. The van der Waals surface area contributed by atoms with Gasteiger partial charge in [0, 0.05) is 11.6 Å². The van der Waals surface area contributed by atoms with E-state index in [9.17, 15) is 4.79 Å². The molecule has 5 heteroatoms. The second kappa shape index (κ2) is 6.07. The minimum absolute atomic E-state index is 0.200. The number of hydrogen-bond acceptors (Lipinski definition) is 2. The summed E-state index contributed by atoms with van der Waals surface area (Å²) in [4.78, 5) is 10.9. The Morgan fingerprint density at radius 2 is 2.39 bits per heavy atom. The van der Waals surface area contributed by atoms with Crippen molar-refractivity contribution in [2.75, 3.05) is 13.1 Å². The molecule has 1 heterocycles. The van der Waals surface area contributed by atoms with Gasteiger partial charge in [-0.1, -0.05) is 23.7 Å². The molecular weight excluding hydrogens is 252 g/mol. The first-order valence-corrected chi connectivity index (χ1v) is 6.50. The average molecular weight is 269 g/mol. The number of benzene rings is 1. The highest BCUT2D eigenvalue weighted by Gasteiger charge is 2.26. The molecular formula is C13H17ClN2O2. The van der Waals surface area contributed by atoms with Crippen LogP contribution < -0.4 is 10.6 Å². The molecule has 0 aromatic heterocycles. The molecule has 2 unspecified atom stereocenters. The van der Waals surface area contributed by atoms with Gasteiger partial charge in [-0.05, 0) is 43.0 Å². The third-order valence-corrected chi connectivity index (χ3v) is 3.53. The smallest absolute Gasteiger partial charge is 0.405 e. The van der Waals surface area contributed by atoms with E-state index in [-0.39, 0.29) is 12.0 Å². The molecule has 0 saturated carbocycles. The second-order valence-electron chi connectivity index (χ2n) is 4.59. The molecule has 98 valence electrons. The number of nitrogens with one attached hydrogen (secondary N) is 2. The summed E-state index contributed by atoms with van der Waals surface area (Å²) < 4.78 is 0. The van der Waals surface area contributed by atoms with Crippen LogP contribution in [0.1, 0.15) is 24.4 Å². The largest absolute Gasteiger partial charge is 0.465 e. The lowest BCUT2D eigenvalue weighted by Gasteiger charge is -2.31. The van der Waals surface area contributed by atoms with E-state index in [1.54, 1.807) is 6.07 Å². The Morgan fingerprint density at radius 1 is 1.56 bits per heavy atom. The molecule has 1 saturated heterocycles. The highest BCUT2D eigenvalue weighted by Crippen LogP contribution is 2.28. The number of hydrogen-bond donors (Lipinski definition) is 3. The molecule has 1 aliphatic heterocycles. The van der Waals surface area contributed by atoms with Crippen molar-refractivity contribution in [3.05, 3.63) is 34.9 Å². The predicted octanol–water partition coefficient (Wildman–Crippen LogP) is 2.65. The second-order valence-corrected chi connectivity index (χ2v) is 5.03. The molecule has 3 N–H and O–H groups in total. The van der Waals surface area contributed by atoms with E-state index < -0.39 is 6.09 Å². The molecule has 0 bridgehead atoms. The van der Waals surface area contributed by atoms with Crippen molar-refractivity contribution in [2.24, 2.45) is 5.92 Å². The summed E-state index contributed by atoms with van der Waals surface area (Å²) in [7, 11) is 0. The first kappa shape index (κ1) is 13.2. The first-order chi connectivity index (χ1) is 8.66. The van der Waals surface area contributed by atoms with Crippen molar-refractivity contribution in [1.82, 2.24) is 10.6 Å². The topological polar surface area (TPSA) is 61.4 Å². The summed E-state index contributed by atoms with van der Waals surface area (Å²) in [6.45, 7) is 1.84. The predicted molar refractivity (Wildman–Crippen MR) is 70.9 cm³/mol. The van der Waals surface area contributed by atoms with Gasteiger partial charge in [0.15, 0.2) is 0 Å². The third kappa shape index (κ3) is 3.37. The standard InChI is InChI=1S/C13H17ClN2O2/c14-11-5-1-3-9(7-11)12(16-13(17)18)10-4-2-6-15-8-10/h1,3,5,7,10,12,15-16H,2,4,6,8H2,(H,17,18). The van der Waals surface area contributed by atoms with Crippen LogP contribution in [0.25, 0.3) is 0 Å². The van der Waals surface area contributed by atoms with Gasteiger partial charge in [-0.15, -0.1) is 0 Å². The lowest BCUT2D eigenvalue weighted by atomic mass is 9.87. The van der Waals surface area contributed by atoms with Gasteiger partial charge in [0.2, 0.25) is 0 Å². The van der Waals surface area contributed by atoms with Crippen molar-refractivity contribution >= 4 is 17.7 Å². The Bertz CT molecular complexity index is 419. The maximum atomic E-state index is 10.9. The Hall–Kier alpha value is -1.26. The molecule has 2 atom stereocenters. The van der Waals surface area contributed by atoms with Gasteiger partial charge in [0.25, 0.3) is 0 Å². The third-order valence-electron chi connectivity index (χ3n) is 3.29. The maximum Gasteiger partial charge on any atom is 0.405 e. The van der Waals surface area contributed by atoms with Gasteiger partial charge in [-0.3, -0.25) is 0 Å². The summed E-state index contributed by atoms with van der Waals surface area (Å²) in [6, 6.07) is 7.19. The summed E-state index contributed by atoms with van der Waals surface area (Å²) >= 11 is 5.97. The number of rotatable bonds is 3. The van der Waals surface area contributed by atoms with E-state index >= 15 is 0 Å². The number of halogens is 1. The van der Waals surface area contributed by atoms with Crippen LogP contribution in [0.15, 0.2) is 24.3 Å². The molecule has 0 radical (unpaired) electrons. The minimum atomic E-state index is -0.995.